The van der Waals surface area contributed by atoms with Crippen molar-refractivity contribution in [2.75, 3.05) is 6.61 Å². The summed E-state index contributed by atoms with van der Waals surface area (Å²) >= 11 is 0. The van der Waals surface area contributed by atoms with Crippen LogP contribution < -0.4 is 4.74 Å². The van der Waals surface area contributed by atoms with Crippen molar-refractivity contribution in [1.29, 1.82) is 0 Å². The minimum absolute atomic E-state index is 0.0400. The van der Waals surface area contributed by atoms with Crippen LogP contribution in [0.3, 0.4) is 0 Å². The van der Waals surface area contributed by atoms with Gasteiger partial charge in [0.25, 0.3) is 5.69 Å². The lowest BCUT2D eigenvalue weighted by Crippen LogP contribution is -2.25. The van der Waals surface area contributed by atoms with Gasteiger partial charge in [-0.15, -0.1) is 0 Å². The van der Waals surface area contributed by atoms with Gasteiger partial charge in [-0.05, 0) is 39.3 Å². The van der Waals surface area contributed by atoms with Crippen molar-refractivity contribution in [2.45, 2.75) is 27.2 Å². The maximum absolute atomic E-state index is 10.9. The van der Waals surface area contributed by atoms with Crippen LogP contribution in [0.1, 0.15) is 25.8 Å². The Kier molecular flexibility index (Phi) is 4.47. The van der Waals surface area contributed by atoms with Gasteiger partial charge in [0, 0.05) is 11.6 Å². The average molecular weight is 267 g/mol. The number of carboxylic acids is 1. The van der Waals surface area contributed by atoms with Crippen molar-refractivity contribution >= 4 is 11.7 Å². The predicted molar refractivity (Wildman–Crippen MR) is 69.4 cm³/mol. The highest BCUT2D eigenvalue weighted by molar-refractivity contribution is 5.73. The van der Waals surface area contributed by atoms with Crippen molar-refractivity contribution in [3.05, 3.63) is 33.9 Å². The Morgan fingerprint density at radius 3 is 2.58 bits per heavy atom. The molecule has 0 amide bonds. The first kappa shape index (κ1) is 14.9. The predicted octanol–water partition coefficient (Wildman–Crippen LogP) is 2.78. The number of nitro groups is 1. The number of nitro benzene ring substituents is 1. The summed E-state index contributed by atoms with van der Waals surface area (Å²) in [6.45, 7) is 5.13. The van der Waals surface area contributed by atoms with Crippen LogP contribution in [0.5, 0.6) is 5.75 Å². The average Bonchev–Trinajstić information content (AvgIpc) is 2.28. The summed E-state index contributed by atoms with van der Waals surface area (Å²) in [6, 6.07) is 4.47. The van der Waals surface area contributed by atoms with Gasteiger partial charge in [0.15, 0.2) is 0 Å². The number of aryl methyl sites for hydroxylation is 1. The highest BCUT2D eigenvalue weighted by Crippen LogP contribution is 2.25. The smallest absolute Gasteiger partial charge is 0.309 e. The third-order valence-electron chi connectivity index (χ3n) is 2.94. The molecule has 0 saturated heterocycles. The van der Waals surface area contributed by atoms with Gasteiger partial charge in [0.05, 0.1) is 16.9 Å². The highest BCUT2D eigenvalue weighted by atomic mass is 16.6. The molecule has 0 aliphatic rings. The van der Waals surface area contributed by atoms with E-state index in [0.717, 1.165) is 0 Å². The molecule has 6 heteroatoms. The van der Waals surface area contributed by atoms with E-state index in [1.165, 1.54) is 12.1 Å². The summed E-state index contributed by atoms with van der Waals surface area (Å²) in [5.41, 5.74) is -0.297. The van der Waals surface area contributed by atoms with Crippen LogP contribution in [0.25, 0.3) is 0 Å². The molecule has 0 saturated carbocycles. The molecular weight excluding hydrogens is 250 g/mol. The van der Waals surface area contributed by atoms with Crippen molar-refractivity contribution in [1.82, 2.24) is 0 Å². The molecule has 1 rings (SSSR count). The van der Waals surface area contributed by atoms with Gasteiger partial charge in [-0.2, -0.15) is 0 Å². The van der Waals surface area contributed by atoms with Crippen LogP contribution in [-0.4, -0.2) is 22.6 Å². The SMILES string of the molecule is Cc1cc(OCCC(C)(C)C(=O)O)ccc1[N+](=O)[O-]. The second-order valence-corrected chi connectivity index (χ2v) is 4.99. The third kappa shape index (κ3) is 3.94. The van der Waals surface area contributed by atoms with Crippen molar-refractivity contribution in [3.63, 3.8) is 0 Å². The summed E-state index contributed by atoms with van der Waals surface area (Å²) in [5.74, 6) is -0.375. The van der Waals surface area contributed by atoms with E-state index in [1.807, 2.05) is 0 Å². The maximum atomic E-state index is 10.9. The number of hydrogen-bond donors (Lipinski definition) is 1. The summed E-state index contributed by atoms with van der Waals surface area (Å²) in [7, 11) is 0. The summed E-state index contributed by atoms with van der Waals surface area (Å²) in [4.78, 5) is 21.1. The van der Waals surface area contributed by atoms with Gasteiger partial charge >= 0.3 is 5.97 Å². The molecule has 0 unspecified atom stereocenters. The van der Waals surface area contributed by atoms with E-state index < -0.39 is 16.3 Å². The molecule has 0 aromatic heterocycles. The molecule has 0 atom stereocenters. The molecule has 0 spiro atoms. The van der Waals surface area contributed by atoms with Crippen LogP contribution in [-0.2, 0) is 4.79 Å². The maximum Gasteiger partial charge on any atom is 0.309 e. The van der Waals surface area contributed by atoms with E-state index in [1.54, 1.807) is 26.8 Å². The van der Waals surface area contributed by atoms with Crippen molar-refractivity contribution in [2.24, 2.45) is 5.41 Å². The summed E-state index contributed by atoms with van der Waals surface area (Å²) in [5, 5.41) is 19.6. The van der Waals surface area contributed by atoms with E-state index in [9.17, 15) is 14.9 Å². The fourth-order valence-corrected chi connectivity index (χ4v) is 1.45. The number of nitrogens with zero attached hydrogens (tertiary/aromatic N) is 1. The van der Waals surface area contributed by atoms with Crippen molar-refractivity contribution in [3.8, 4) is 5.75 Å². The zero-order valence-electron chi connectivity index (χ0n) is 11.2. The topological polar surface area (TPSA) is 89.7 Å². The second-order valence-electron chi connectivity index (χ2n) is 4.99. The van der Waals surface area contributed by atoms with Crippen LogP contribution in [0.2, 0.25) is 0 Å². The first-order valence-corrected chi connectivity index (χ1v) is 5.85. The normalized spacial score (nSPS) is 11.1. The van der Waals surface area contributed by atoms with Crippen LogP contribution in [0, 0.1) is 22.5 Å². The minimum atomic E-state index is -0.879. The number of hydrogen-bond acceptors (Lipinski definition) is 4. The fourth-order valence-electron chi connectivity index (χ4n) is 1.45. The molecule has 0 heterocycles. The Morgan fingerprint density at radius 2 is 2.11 bits per heavy atom. The van der Waals surface area contributed by atoms with Crippen molar-refractivity contribution < 1.29 is 19.6 Å². The summed E-state index contributed by atoms with van der Waals surface area (Å²) in [6.07, 6.45) is 0.359. The Bertz CT molecular complexity index is 496. The standard InChI is InChI=1S/C13H17NO5/c1-9-8-10(4-5-11(9)14(17)18)19-7-6-13(2,3)12(15)16/h4-5,8H,6-7H2,1-3H3,(H,15,16). The van der Waals surface area contributed by atoms with Gasteiger partial charge in [0.2, 0.25) is 0 Å². The molecule has 0 fully saturated rings. The summed E-state index contributed by atoms with van der Waals surface area (Å²) < 4.78 is 5.42. The quantitative estimate of drug-likeness (QED) is 0.632. The Hall–Kier alpha value is -2.11. The zero-order valence-corrected chi connectivity index (χ0v) is 11.2. The Morgan fingerprint density at radius 1 is 1.47 bits per heavy atom. The number of benzene rings is 1. The molecule has 1 aromatic carbocycles. The van der Waals surface area contributed by atoms with E-state index in [2.05, 4.69) is 0 Å². The van der Waals surface area contributed by atoms with Crippen LogP contribution in [0.15, 0.2) is 18.2 Å². The molecule has 1 aromatic rings. The van der Waals surface area contributed by atoms with Crippen LogP contribution >= 0.6 is 0 Å². The van der Waals surface area contributed by atoms with Gasteiger partial charge in [-0.25, -0.2) is 0 Å². The lowest BCUT2D eigenvalue weighted by Gasteiger charge is -2.18. The molecular formula is C13H17NO5. The minimum Gasteiger partial charge on any atom is -0.494 e. The number of aliphatic carboxylic acids is 1. The molecule has 0 bridgehead atoms. The number of carboxylic acid groups (broad SMARTS) is 1. The first-order chi connectivity index (χ1) is 8.74. The molecule has 1 N–H and O–H groups in total. The number of carbonyl (C=O) groups is 1. The molecule has 0 aliphatic carbocycles. The first-order valence-electron chi connectivity index (χ1n) is 5.85. The van der Waals surface area contributed by atoms with Gasteiger partial charge < -0.3 is 9.84 Å². The number of rotatable bonds is 6. The monoisotopic (exact) mass is 267 g/mol. The second kappa shape index (κ2) is 5.69. The van der Waals surface area contributed by atoms with E-state index >= 15 is 0 Å². The van der Waals surface area contributed by atoms with Gasteiger partial charge in [0.1, 0.15) is 5.75 Å². The molecule has 19 heavy (non-hydrogen) atoms. The van der Waals surface area contributed by atoms with Gasteiger partial charge in [-0.3, -0.25) is 14.9 Å². The van der Waals surface area contributed by atoms with E-state index in [4.69, 9.17) is 9.84 Å². The third-order valence-corrected chi connectivity index (χ3v) is 2.94. The lowest BCUT2D eigenvalue weighted by atomic mass is 9.90. The Labute approximate surface area is 111 Å². The fraction of sp³-hybridized carbons (Fsp3) is 0.462. The molecule has 0 radical (unpaired) electrons. The number of ether oxygens (including phenoxy) is 1. The molecule has 0 aliphatic heterocycles. The lowest BCUT2D eigenvalue weighted by molar-refractivity contribution is -0.385. The zero-order chi connectivity index (χ0) is 14.6. The van der Waals surface area contributed by atoms with Crippen LogP contribution in [0.4, 0.5) is 5.69 Å². The van der Waals surface area contributed by atoms with E-state index in [-0.39, 0.29) is 12.3 Å². The van der Waals surface area contributed by atoms with Gasteiger partial charge in [-0.1, -0.05) is 0 Å². The van der Waals surface area contributed by atoms with E-state index in [0.29, 0.717) is 17.7 Å². The molecule has 6 nitrogen and oxygen atoms in total. The largest absolute Gasteiger partial charge is 0.494 e. The highest BCUT2D eigenvalue weighted by Gasteiger charge is 2.26. The Balaban J connectivity index is 2.63. The molecule has 104 valence electrons.